The Bertz CT molecular complexity index is 473. The minimum Gasteiger partial charge on any atom is -0.308 e. The smallest absolute Gasteiger partial charge is 0.133 e. The zero-order chi connectivity index (χ0) is 11.4. The second-order valence-corrected chi connectivity index (χ2v) is 6.17. The molecule has 2 aromatic rings. The van der Waals surface area contributed by atoms with Gasteiger partial charge in [0, 0.05) is 29.7 Å². The highest BCUT2D eigenvalue weighted by molar-refractivity contribution is 9.11. The number of thiophene rings is 1. The fraction of sp³-hybridized carbons (Fsp3) is 0.182. The molecule has 0 radical (unpaired) electrons. The van der Waals surface area contributed by atoms with Gasteiger partial charge in [-0.2, -0.15) is 0 Å². The van der Waals surface area contributed by atoms with E-state index in [0.717, 1.165) is 22.4 Å². The second-order valence-electron chi connectivity index (χ2n) is 3.26. The Morgan fingerprint density at radius 3 is 2.88 bits per heavy atom. The molecule has 0 aliphatic heterocycles. The lowest BCUT2D eigenvalue weighted by Gasteiger charge is -2.04. The van der Waals surface area contributed by atoms with Crippen LogP contribution in [-0.2, 0) is 13.1 Å². The molecule has 2 nitrogen and oxygen atoms in total. The molecule has 0 fully saturated rings. The third-order valence-electron chi connectivity index (χ3n) is 2.08. The molecule has 1 N–H and O–H groups in total. The largest absolute Gasteiger partial charge is 0.308 e. The molecule has 16 heavy (non-hydrogen) atoms. The Balaban J connectivity index is 1.87. The van der Waals surface area contributed by atoms with Crippen LogP contribution >= 0.6 is 38.9 Å². The van der Waals surface area contributed by atoms with E-state index in [9.17, 15) is 0 Å². The maximum Gasteiger partial charge on any atom is 0.133 e. The van der Waals surface area contributed by atoms with E-state index in [0.29, 0.717) is 5.15 Å². The summed E-state index contributed by atoms with van der Waals surface area (Å²) in [6, 6.07) is 8.03. The predicted octanol–water partition coefficient (Wildman–Crippen LogP) is 3.85. The van der Waals surface area contributed by atoms with Crippen LogP contribution < -0.4 is 5.32 Å². The van der Waals surface area contributed by atoms with Gasteiger partial charge in [-0.1, -0.05) is 17.7 Å². The van der Waals surface area contributed by atoms with Crippen molar-refractivity contribution < 1.29 is 0 Å². The molecule has 0 spiro atoms. The molecule has 0 amide bonds. The van der Waals surface area contributed by atoms with Crippen molar-refractivity contribution in [3.05, 3.63) is 49.8 Å². The summed E-state index contributed by atoms with van der Waals surface area (Å²) in [4.78, 5) is 5.33. The van der Waals surface area contributed by atoms with Crippen molar-refractivity contribution in [2.75, 3.05) is 0 Å². The first-order valence-corrected chi connectivity index (χ1v) is 6.79. The second kappa shape index (κ2) is 5.77. The first kappa shape index (κ1) is 12.0. The van der Waals surface area contributed by atoms with Gasteiger partial charge in [0.1, 0.15) is 5.15 Å². The van der Waals surface area contributed by atoms with Crippen LogP contribution in [0.2, 0.25) is 5.15 Å². The van der Waals surface area contributed by atoms with Gasteiger partial charge in [0.15, 0.2) is 0 Å². The Morgan fingerprint density at radius 1 is 1.31 bits per heavy atom. The molecule has 84 valence electrons. The molecule has 0 aliphatic carbocycles. The fourth-order valence-electron chi connectivity index (χ4n) is 1.32. The van der Waals surface area contributed by atoms with Gasteiger partial charge >= 0.3 is 0 Å². The van der Waals surface area contributed by atoms with Crippen molar-refractivity contribution in [2.45, 2.75) is 13.1 Å². The van der Waals surface area contributed by atoms with Crippen molar-refractivity contribution in [3.63, 3.8) is 0 Å². The molecule has 0 saturated heterocycles. The Kier molecular flexibility index (Phi) is 4.35. The number of hydrogen-bond acceptors (Lipinski definition) is 3. The zero-order valence-electron chi connectivity index (χ0n) is 8.41. The van der Waals surface area contributed by atoms with Crippen LogP contribution in [0.1, 0.15) is 10.4 Å². The normalized spacial score (nSPS) is 10.6. The van der Waals surface area contributed by atoms with Crippen molar-refractivity contribution in [1.82, 2.24) is 10.3 Å². The SMILES string of the molecule is Clc1ncccc1CNCc1ccc(Br)s1. The van der Waals surface area contributed by atoms with Gasteiger partial charge in [-0.25, -0.2) is 4.98 Å². The molecule has 0 aromatic carbocycles. The van der Waals surface area contributed by atoms with Gasteiger partial charge in [0.2, 0.25) is 0 Å². The molecular weight excluding hydrogens is 308 g/mol. The van der Waals surface area contributed by atoms with E-state index >= 15 is 0 Å². The predicted molar refractivity (Wildman–Crippen MR) is 71.8 cm³/mol. The van der Waals surface area contributed by atoms with E-state index in [2.05, 4.69) is 38.4 Å². The van der Waals surface area contributed by atoms with E-state index < -0.39 is 0 Å². The average Bonchev–Trinajstić information content (AvgIpc) is 2.67. The van der Waals surface area contributed by atoms with Crippen LogP contribution in [0, 0.1) is 0 Å². The lowest BCUT2D eigenvalue weighted by atomic mass is 10.3. The van der Waals surface area contributed by atoms with Crippen LogP contribution in [0.4, 0.5) is 0 Å². The van der Waals surface area contributed by atoms with Crippen molar-refractivity contribution in [3.8, 4) is 0 Å². The van der Waals surface area contributed by atoms with Crippen LogP contribution in [-0.4, -0.2) is 4.98 Å². The Morgan fingerprint density at radius 2 is 2.19 bits per heavy atom. The van der Waals surface area contributed by atoms with Crippen LogP contribution in [0.15, 0.2) is 34.2 Å². The third kappa shape index (κ3) is 3.28. The van der Waals surface area contributed by atoms with E-state index in [1.807, 2.05) is 12.1 Å². The first-order chi connectivity index (χ1) is 7.75. The minimum absolute atomic E-state index is 0.572. The number of hydrogen-bond donors (Lipinski definition) is 1. The highest BCUT2D eigenvalue weighted by atomic mass is 79.9. The lowest BCUT2D eigenvalue weighted by Crippen LogP contribution is -2.12. The number of nitrogens with one attached hydrogen (secondary N) is 1. The third-order valence-corrected chi connectivity index (χ3v) is 4.04. The summed E-state index contributed by atoms with van der Waals surface area (Å²) < 4.78 is 1.16. The molecule has 2 aromatic heterocycles. The summed E-state index contributed by atoms with van der Waals surface area (Å²) in [6.45, 7) is 1.59. The van der Waals surface area contributed by atoms with Crippen LogP contribution in [0.25, 0.3) is 0 Å². The average molecular weight is 318 g/mol. The lowest BCUT2D eigenvalue weighted by molar-refractivity contribution is 0.699. The van der Waals surface area contributed by atoms with Gasteiger partial charge in [-0.15, -0.1) is 11.3 Å². The van der Waals surface area contributed by atoms with Crippen molar-refractivity contribution >= 4 is 38.9 Å². The van der Waals surface area contributed by atoms with Crippen molar-refractivity contribution in [1.29, 1.82) is 0 Å². The van der Waals surface area contributed by atoms with Gasteiger partial charge in [0.25, 0.3) is 0 Å². The summed E-state index contributed by atoms with van der Waals surface area (Å²) in [5.74, 6) is 0. The topological polar surface area (TPSA) is 24.9 Å². The maximum absolute atomic E-state index is 5.95. The molecule has 0 atom stereocenters. The molecule has 0 unspecified atom stereocenters. The Hall–Kier alpha value is -0.420. The van der Waals surface area contributed by atoms with Gasteiger partial charge < -0.3 is 5.32 Å². The monoisotopic (exact) mass is 316 g/mol. The quantitative estimate of drug-likeness (QED) is 0.866. The fourth-order valence-corrected chi connectivity index (χ4v) is 2.96. The van der Waals surface area contributed by atoms with Gasteiger partial charge in [-0.3, -0.25) is 0 Å². The number of pyridine rings is 1. The van der Waals surface area contributed by atoms with Crippen LogP contribution in [0.3, 0.4) is 0 Å². The number of nitrogens with zero attached hydrogens (tertiary/aromatic N) is 1. The van der Waals surface area contributed by atoms with E-state index in [1.165, 1.54) is 4.88 Å². The first-order valence-electron chi connectivity index (χ1n) is 4.80. The maximum atomic E-state index is 5.95. The van der Waals surface area contributed by atoms with E-state index in [4.69, 9.17) is 11.6 Å². The highest BCUT2D eigenvalue weighted by Crippen LogP contribution is 2.21. The summed E-state index contributed by atoms with van der Waals surface area (Å²) in [5, 5.41) is 3.91. The van der Waals surface area contributed by atoms with Crippen LogP contribution in [0.5, 0.6) is 0 Å². The number of halogens is 2. The van der Waals surface area contributed by atoms with E-state index in [1.54, 1.807) is 17.5 Å². The number of rotatable bonds is 4. The Labute approximate surface area is 112 Å². The molecule has 0 bridgehead atoms. The minimum atomic E-state index is 0.572. The molecule has 2 heterocycles. The molecular formula is C11H10BrClN2S. The summed E-state index contributed by atoms with van der Waals surface area (Å²) in [5.41, 5.74) is 1.03. The summed E-state index contributed by atoms with van der Waals surface area (Å²) >= 11 is 11.1. The summed E-state index contributed by atoms with van der Waals surface area (Å²) in [6.07, 6.45) is 1.70. The molecule has 5 heteroatoms. The zero-order valence-corrected chi connectivity index (χ0v) is 11.6. The molecule has 2 rings (SSSR count). The van der Waals surface area contributed by atoms with Crippen molar-refractivity contribution in [2.24, 2.45) is 0 Å². The van der Waals surface area contributed by atoms with Gasteiger partial charge in [-0.05, 0) is 34.1 Å². The van der Waals surface area contributed by atoms with Gasteiger partial charge in [0.05, 0.1) is 3.79 Å². The number of aromatic nitrogens is 1. The molecule has 0 saturated carbocycles. The van der Waals surface area contributed by atoms with E-state index in [-0.39, 0.29) is 0 Å². The molecule has 0 aliphatic rings. The highest BCUT2D eigenvalue weighted by Gasteiger charge is 2.01. The summed E-state index contributed by atoms with van der Waals surface area (Å²) in [7, 11) is 0. The standard InChI is InChI=1S/C11H10BrClN2S/c12-10-4-3-9(16-10)7-14-6-8-2-1-5-15-11(8)13/h1-5,14H,6-7H2.